The van der Waals surface area contributed by atoms with E-state index in [0.29, 0.717) is 6.61 Å². The summed E-state index contributed by atoms with van der Waals surface area (Å²) in [6.07, 6.45) is 1.03. The van der Waals surface area contributed by atoms with Crippen LogP contribution in [0.4, 0.5) is 0 Å². The quantitative estimate of drug-likeness (QED) is 0.783. The fraction of sp³-hybridized carbons (Fsp3) is 0.333. The van der Waals surface area contributed by atoms with Crippen LogP contribution in [0.25, 0.3) is 0 Å². The van der Waals surface area contributed by atoms with Gasteiger partial charge in [-0.3, -0.25) is 0 Å². The van der Waals surface area contributed by atoms with Gasteiger partial charge in [-0.25, -0.2) is 0 Å². The highest BCUT2D eigenvalue weighted by Gasteiger charge is 2.03. The van der Waals surface area contributed by atoms with Crippen LogP contribution in [0.2, 0.25) is 0 Å². The van der Waals surface area contributed by atoms with Crippen molar-refractivity contribution < 1.29 is 4.74 Å². The summed E-state index contributed by atoms with van der Waals surface area (Å²) < 4.78 is 6.99. The van der Waals surface area contributed by atoms with E-state index in [1.807, 2.05) is 12.1 Å². The molecule has 0 spiro atoms. The summed E-state index contributed by atoms with van der Waals surface area (Å²) in [5, 5.41) is 3.33. The minimum Gasteiger partial charge on any atom is -0.489 e. The average molecular weight is 348 g/mol. The third kappa shape index (κ3) is 4.87. The van der Waals surface area contributed by atoms with Crippen LogP contribution in [-0.2, 0) is 19.6 Å². The van der Waals surface area contributed by atoms with Gasteiger partial charge in [0.25, 0.3) is 0 Å². The molecule has 0 aliphatic heterocycles. The molecule has 3 heteroatoms. The third-order valence-corrected chi connectivity index (χ3v) is 4.14. The van der Waals surface area contributed by atoms with Gasteiger partial charge >= 0.3 is 0 Å². The molecule has 0 aromatic heterocycles. The van der Waals surface area contributed by atoms with Crippen LogP contribution in [0, 0.1) is 0 Å². The van der Waals surface area contributed by atoms with Crippen LogP contribution in [-0.4, -0.2) is 6.54 Å². The molecule has 0 bridgehead atoms. The highest BCUT2D eigenvalue weighted by Crippen LogP contribution is 2.21. The third-order valence-electron chi connectivity index (χ3n) is 3.40. The first-order valence-corrected chi connectivity index (χ1v) is 8.22. The summed E-state index contributed by atoms with van der Waals surface area (Å²) >= 11 is 3.63. The van der Waals surface area contributed by atoms with E-state index in [1.54, 1.807) is 0 Å². The molecule has 112 valence electrons. The lowest BCUT2D eigenvalue weighted by Gasteiger charge is -2.10. The van der Waals surface area contributed by atoms with Crippen molar-refractivity contribution in [3.05, 3.63) is 63.6 Å². The first kappa shape index (κ1) is 16.1. The summed E-state index contributed by atoms with van der Waals surface area (Å²) in [6.45, 7) is 6.72. The second kappa shape index (κ2) is 8.20. The van der Waals surface area contributed by atoms with E-state index < -0.39 is 0 Å². The molecule has 21 heavy (non-hydrogen) atoms. The van der Waals surface area contributed by atoms with Gasteiger partial charge in [0.15, 0.2) is 0 Å². The highest BCUT2D eigenvalue weighted by molar-refractivity contribution is 9.10. The Kier molecular flexibility index (Phi) is 6.27. The molecule has 0 saturated carbocycles. The predicted octanol–water partition coefficient (Wildman–Crippen LogP) is 4.70. The second-order valence-corrected chi connectivity index (χ2v) is 5.85. The predicted molar refractivity (Wildman–Crippen MR) is 91.7 cm³/mol. The zero-order valence-electron chi connectivity index (χ0n) is 12.7. The van der Waals surface area contributed by atoms with Crippen molar-refractivity contribution in [2.45, 2.75) is 33.4 Å². The van der Waals surface area contributed by atoms with Gasteiger partial charge in [-0.05, 0) is 42.3 Å². The molecule has 2 nitrogen and oxygen atoms in total. The molecule has 2 aromatic rings. The lowest BCUT2D eigenvalue weighted by atomic mass is 10.1. The fourth-order valence-electron chi connectivity index (χ4n) is 2.10. The Morgan fingerprint density at radius 1 is 1.05 bits per heavy atom. The van der Waals surface area contributed by atoms with Crippen LogP contribution in [0.3, 0.4) is 0 Å². The number of aryl methyl sites for hydroxylation is 1. The lowest BCUT2D eigenvalue weighted by Crippen LogP contribution is -2.11. The van der Waals surface area contributed by atoms with Crippen molar-refractivity contribution in [3.8, 4) is 5.75 Å². The van der Waals surface area contributed by atoms with Gasteiger partial charge in [-0.2, -0.15) is 0 Å². The summed E-state index contributed by atoms with van der Waals surface area (Å²) in [4.78, 5) is 0. The first-order chi connectivity index (χ1) is 10.2. The minimum absolute atomic E-state index is 0.579. The Labute approximate surface area is 135 Å². The lowest BCUT2D eigenvalue weighted by molar-refractivity contribution is 0.305. The van der Waals surface area contributed by atoms with E-state index in [9.17, 15) is 0 Å². The van der Waals surface area contributed by atoms with Crippen LogP contribution in [0.1, 0.15) is 30.5 Å². The molecule has 0 heterocycles. The number of ether oxygens (including phenoxy) is 1. The van der Waals surface area contributed by atoms with Crippen LogP contribution >= 0.6 is 15.9 Å². The van der Waals surface area contributed by atoms with E-state index in [4.69, 9.17) is 4.74 Å². The summed E-state index contributed by atoms with van der Waals surface area (Å²) in [5.74, 6) is 0.929. The monoisotopic (exact) mass is 347 g/mol. The van der Waals surface area contributed by atoms with E-state index >= 15 is 0 Å². The minimum atomic E-state index is 0.579. The van der Waals surface area contributed by atoms with Gasteiger partial charge in [0.2, 0.25) is 0 Å². The van der Waals surface area contributed by atoms with Gasteiger partial charge in [-0.15, -0.1) is 0 Å². The number of hydrogen-bond donors (Lipinski definition) is 1. The number of halogens is 1. The van der Waals surface area contributed by atoms with Gasteiger partial charge in [0.05, 0.1) is 0 Å². The molecular weight excluding hydrogens is 326 g/mol. The average Bonchev–Trinajstić information content (AvgIpc) is 2.52. The SMILES string of the molecule is CCNCc1ccc(COc2cccc(CC)c2)c(Br)c1. The Morgan fingerprint density at radius 3 is 2.62 bits per heavy atom. The normalized spacial score (nSPS) is 10.6. The van der Waals surface area contributed by atoms with Crippen LogP contribution in [0.5, 0.6) is 5.75 Å². The molecule has 2 rings (SSSR count). The topological polar surface area (TPSA) is 21.3 Å². The molecule has 0 saturated heterocycles. The maximum atomic E-state index is 5.89. The van der Waals surface area contributed by atoms with Gasteiger partial charge in [0, 0.05) is 16.6 Å². The Morgan fingerprint density at radius 2 is 1.90 bits per heavy atom. The molecule has 0 aliphatic carbocycles. The maximum Gasteiger partial charge on any atom is 0.120 e. The Bertz CT molecular complexity index is 583. The fourth-order valence-corrected chi connectivity index (χ4v) is 2.64. The van der Waals surface area contributed by atoms with Gasteiger partial charge in [0.1, 0.15) is 12.4 Å². The maximum absolute atomic E-state index is 5.89. The Balaban J connectivity index is 1.99. The molecule has 0 unspecified atom stereocenters. The molecule has 0 radical (unpaired) electrons. The molecule has 0 aliphatic rings. The highest BCUT2D eigenvalue weighted by atomic mass is 79.9. The van der Waals surface area contributed by atoms with Gasteiger partial charge < -0.3 is 10.1 Å². The molecule has 2 aromatic carbocycles. The smallest absolute Gasteiger partial charge is 0.120 e. The van der Waals surface area contributed by atoms with E-state index in [-0.39, 0.29) is 0 Å². The largest absolute Gasteiger partial charge is 0.489 e. The molecule has 0 atom stereocenters. The number of benzene rings is 2. The van der Waals surface area contributed by atoms with Gasteiger partial charge in [-0.1, -0.05) is 54.0 Å². The van der Waals surface area contributed by atoms with Crippen molar-refractivity contribution in [1.29, 1.82) is 0 Å². The number of nitrogens with one attached hydrogen (secondary N) is 1. The molecule has 0 amide bonds. The van der Waals surface area contributed by atoms with Crippen molar-refractivity contribution in [3.63, 3.8) is 0 Å². The zero-order chi connectivity index (χ0) is 15.1. The standard InChI is InChI=1S/C18H22BrNO/c1-3-14-6-5-7-17(10-14)21-13-16-9-8-15(11-18(16)19)12-20-4-2/h5-11,20H,3-4,12-13H2,1-2H3. The summed E-state index contributed by atoms with van der Waals surface area (Å²) in [7, 11) is 0. The first-order valence-electron chi connectivity index (χ1n) is 7.42. The van der Waals surface area contributed by atoms with Crippen LogP contribution in [0.15, 0.2) is 46.9 Å². The summed E-state index contributed by atoms with van der Waals surface area (Å²) in [5.41, 5.74) is 3.74. The molecule has 1 N–H and O–H groups in total. The van der Waals surface area contributed by atoms with Crippen molar-refractivity contribution in [1.82, 2.24) is 5.32 Å². The van der Waals surface area contributed by atoms with E-state index in [0.717, 1.165) is 35.3 Å². The number of rotatable bonds is 7. The van der Waals surface area contributed by atoms with Crippen molar-refractivity contribution in [2.24, 2.45) is 0 Å². The van der Waals surface area contributed by atoms with Crippen molar-refractivity contribution in [2.75, 3.05) is 6.54 Å². The van der Waals surface area contributed by atoms with Crippen LogP contribution < -0.4 is 10.1 Å². The molecule has 0 fully saturated rings. The zero-order valence-corrected chi connectivity index (χ0v) is 14.2. The Hall–Kier alpha value is -1.32. The van der Waals surface area contributed by atoms with E-state index in [2.05, 4.69) is 65.4 Å². The second-order valence-electron chi connectivity index (χ2n) is 5.00. The summed E-state index contributed by atoms with van der Waals surface area (Å²) in [6, 6.07) is 14.7. The number of hydrogen-bond acceptors (Lipinski definition) is 2. The van der Waals surface area contributed by atoms with E-state index in [1.165, 1.54) is 11.1 Å². The molecular formula is C18H22BrNO. The van der Waals surface area contributed by atoms with Crippen molar-refractivity contribution >= 4 is 15.9 Å².